The second-order valence-electron chi connectivity index (χ2n) is 10.2. The first-order valence-electron chi connectivity index (χ1n) is 13.1. The third-order valence-corrected chi connectivity index (χ3v) is 7.35. The van der Waals surface area contributed by atoms with Crippen molar-refractivity contribution in [3.05, 3.63) is 41.3 Å². The molecule has 3 N–H and O–H groups in total. The van der Waals surface area contributed by atoms with Crippen LogP contribution < -0.4 is 15.4 Å². The molecule has 1 aromatic carbocycles. The molecule has 8 heteroatoms. The number of aromatic amines is 1. The summed E-state index contributed by atoms with van der Waals surface area (Å²) in [5.41, 5.74) is 5.57. The Morgan fingerprint density at radius 2 is 1.78 bits per heavy atom. The number of fused-ring (bicyclic) bond motifs is 1. The Hall–Kier alpha value is -3.42. The van der Waals surface area contributed by atoms with E-state index in [1.54, 1.807) is 6.92 Å². The molecule has 5 rings (SSSR count). The molecule has 36 heavy (non-hydrogen) atoms. The van der Waals surface area contributed by atoms with E-state index in [1.807, 2.05) is 13.0 Å². The molecule has 2 heterocycles. The fourth-order valence-corrected chi connectivity index (χ4v) is 5.13. The summed E-state index contributed by atoms with van der Waals surface area (Å²) in [4.78, 5) is 37.3. The first-order chi connectivity index (χ1) is 17.4. The second kappa shape index (κ2) is 10.3. The van der Waals surface area contributed by atoms with Crippen molar-refractivity contribution < 1.29 is 14.3 Å². The van der Waals surface area contributed by atoms with Crippen LogP contribution in [-0.4, -0.2) is 45.5 Å². The Balaban J connectivity index is 1.41. The minimum absolute atomic E-state index is 0.00189. The van der Waals surface area contributed by atoms with Crippen LogP contribution in [0.15, 0.2) is 24.5 Å². The lowest BCUT2D eigenvalue weighted by atomic mass is 9.91. The van der Waals surface area contributed by atoms with E-state index in [0.717, 1.165) is 60.3 Å². The zero-order valence-corrected chi connectivity index (χ0v) is 21.3. The van der Waals surface area contributed by atoms with Gasteiger partial charge in [0, 0.05) is 30.3 Å². The van der Waals surface area contributed by atoms with E-state index in [2.05, 4.69) is 44.6 Å². The van der Waals surface area contributed by atoms with Crippen LogP contribution in [0, 0.1) is 12.8 Å². The molecule has 2 amide bonds. The van der Waals surface area contributed by atoms with Gasteiger partial charge in [-0.05, 0) is 75.5 Å². The fraction of sp³-hybridized carbons (Fsp3) is 0.500. The third-order valence-electron chi connectivity index (χ3n) is 7.35. The van der Waals surface area contributed by atoms with Crippen molar-refractivity contribution in [1.29, 1.82) is 0 Å². The minimum atomic E-state index is -0.126. The third kappa shape index (κ3) is 5.22. The highest BCUT2D eigenvalue weighted by molar-refractivity contribution is 6.09. The van der Waals surface area contributed by atoms with Gasteiger partial charge in [0.05, 0.1) is 17.7 Å². The standard InChI is InChI=1S/C28H35N5O3/c1-4-18-7-12-23(36-14-19-5-6-19)22(13-18)25-27-26(30-15-29-25)24(16(2)31-27)28(35)33-21-10-8-20(9-11-21)32-17(3)34/h7,12-13,15,19-21,31H,4-6,8-11,14H2,1-3H3,(H,32,34)(H,33,35)/t20-,21+. The summed E-state index contributed by atoms with van der Waals surface area (Å²) in [6, 6.07) is 6.54. The summed E-state index contributed by atoms with van der Waals surface area (Å²) in [5.74, 6) is 1.33. The Bertz CT molecular complexity index is 1270. The van der Waals surface area contributed by atoms with Crippen molar-refractivity contribution in [2.75, 3.05) is 6.61 Å². The predicted molar refractivity (Wildman–Crippen MR) is 139 cm³/mol. The number of aromatic nitrogens is 3. The van der Waals surface area contributed by atoms with E-state index < -0.39 is 0 Å². The Morgan fingerprint density at radius 1 is 1.06 bits per heavy atom. The quantitative estimate of drug-likeness (QED) is 0.433. The minimum Gasteiger partial charge on any atom is -0.493 e. The number of carbonyl (C=O) groups excluding carboxylic acids is 2. The molecule has 0 spiro atoms. The van der Waals surface area contributed by atoms with E-state index in [9.17, 15) is 9.59 Å². The van der Waals surface area contributed by atoms with Gasteiger partial charge in [-0.25, -0.2) is 9.97 Å². The van der Waals surface area contributed by atoms with Crippen molar-refractivity contribution in [1.82, 2.24) is 25.6 Å². The molecule has 2 aliphatic rings. The van der Waals surface area contributed by atoms with Crippen molar-refractivity contribution in [3.63, 3.8) is 0 Å². The fourth-order valence-electron chi connectivity index (χ4n) is 5.13. The number of amides is 2. The number of ether oxygens (including phenoxy) is 1. The average Bonchev–Trinajstić information content (AvgIpc) is 3.63. The summed E-state index contributed by atoms with van der Waals surface area (Å²) in [5, 5.41) is 6.19. The highest BCUT2D eigenvalue weighted by Crippen LogP contribution is 2.37. The van der Waals surface area contributed by atoms with Gasteiger partial charge in [-0.2, -0.15) is 0 Å². The van der Waals surface area contributed by atoms with Crippen LogP contribution in [0.3, 0.4) is 0 Å². The molecule has 2 aromatic heterocycles. The van der Waals surface area contributed by atoms with E-state index in [-0.39, 0.29) is 23.9 Å². The summed E-state index contributed by atoms with van der Waals surface area (Å²) in [7, 11) is 0. The van der Waals surface area contributed by atoms with Crippen molar-refractivity contribution in [2.24, 2.45) is 5.92 Å². The summed E-state index contributed by atoms with van der Waals surface area (Å²) < 4.78 is 6.20. The SMILES string of the molecule is CCc1ccc(OCC2CC2)c(-c2ncnc3c(C(=O)N[C@H]4CC[C@@H](NC(C)=O)CC4)c(C)[nH]c23)c1. The zero-order valence-electron chi connectivity index (χ0n) is 21.3. The number of hydrogen-bond acceptors (Lipinski definition) is 5. The van der Waals surface area contributed by atoms with Gasteiger partial charge in [0.25, 0.3) is 5.91 Å². The number of benzene rings is 1. The predicted octanol–water partition coefficient (Wildman–Crippen LogP) is 4.46. The van der Waals surface area contributed by atoms with Crippen molar-refractivity contribution in [2.45, 2.75) is 77.8 Å². The smallest absolute Gasteiger partial charge is 0.255 e. The number of carbonyl (C=O) groups is 2. The van der Waals surface area contributed by atoms with Crippen LogP contribution in [0.2, 0.25) is 0 Å². The molecule has 0 saturated heterocycles. The highest BCUT2D eigenvalue weighted by Gasteiger charge is 2.27. The van der Waals surface area contributed by atoms with Gasteiger partial charge in [0.2, 0.25) is 5.91 Å². The molecule has 2 fully saturated rings. The lowest BCUT2D eigenvalue weighted by Crippen LogP contribution is -2.43. The van der Waals surface area contributed by atoms with Gasteiger partial charge in [0.15, 0.2) is 0 Å². The highest BCUT2D eigenvalue weighted by atomic mass is 16.5. The summed E-state index contributed by atoms with van der Waals surface area (Å²) in [6.07, 6.45) is 8.29. The topological polar surface area (TPSA) is 109 Å². The largest absolute Gasteiger partial charge is 0.493 e. The molecule has 0 aliphatic heterocycles. The molecule has 8 nitrogen and oxygen atoms in total. The summed E-state index contributed by atoms with van der Waals surface area (Å²) >= 11 is 0. The maximum atomic E-state index is 13.4. The number of nitrogens with zero attached hydrogens (tertiary/aromatic N) is 2. The molecule has 2 saturated carbocycles. The number of rotatable bonds is 8. The second-order valence-corrected chi connectivity index (χ2v) is 10.2. The first-order valence-corrected chi connectivity index (χ1v) is 13.1. The molecular weight excluding hydrogens is 454 g/mol. The van der Waals surface area contributed by atoms with Gasteiger partial charge in [0.1, 0.15) is 23.3 Å². The molecule has 0 bridgehead atoms. The van der Waals surface area contributed by atoms with Gasteiger partial charge < -0.3 is 20.4 Å². The monoisotopic (exact) mass is 489 g/mol. The van der Waals surface area contributed by atoms with Gasteiger partial charge in [-0.1, -0.05) is 13.0 Å². The van der Waals surface area contributed by atoms with Gasteiger partial charge in [-0.15, -0.1) is 0 Å². The Labute approximate surface area is 211 Å². The van der Waals surface area contributed by atoms with Crippen LogP contribution in [0.25, 0.3) is 22.3 Å². The molecule has 2 aliphatic carbocycles. The van der Waals surface area contributed by atoms with Crippen LogP contribution in [-0.2, 0) is 11.2 Å². The van der Waals surface area contributed by atoms with Gasteiger partial charge in [-0.3, -0.25) is 9.59 Å². The lowest BCUT2D eigenvalue weighted by Gasteiger charge is -2.29. The van der Waals surface area contributed by atoms with Crippen molar-refractivity contribution >= 4 is 22.8 Å². The van der Waals surface area contributed by atoms with E-state index in [0.29, 0.717) is 23.6 Å². The molecule has 3 aromatic rings. The zero-order chi connectivity index (χ0) is 25.2. The lowest BCUT2D eigenvalue weighted by molar-refractivity contribution is -0.119. The van der Waals surface area contributed by atoms with Crippen LogP contribution in [0.5, 0.6) is 5.75 Å². The number of hydrogen-bond donors (Lipinski definition) is 3. The maximum absolute atomic E-state index is 13.4. The van der Waals surface area contributed by atoms with Crippen LogP contribution >= 0.6 is 0 Å². The first kappa shape index (κ1) is 24.3. The molecule has 0 radical (unpaired) electrons. The average molecular weight is 490 g/mol. The van der Waals surface area contributed by atoms with E-state index >= 15 is 0 Å². The molecule has 0 unspecified atom stereocenters. The van der Waals surface area contributed by atoms with E-state index in [1.165, 1.54) is 24.7 Å². The van der Waals surface area contributed by atoms with Gasteiger partial charge >= 0.3 is 0 Å². The van der Waals surface area contributed by atoms with Crippen LogP contribution in [0.4, 0.5) is 0 Å². The summed E-state index contributed by atoms with van der Waals surface area (Å²) in [6.45, 7) is 6.30. The Kier molecular flexibility index (Phi) is 6.94. The molecule has 0 atom stereocenters. The molecular formula is C28H35N5O3. The van der Waals surface area contributed by atoms with Crippen LogP contribution in [0.1, 0.15) is 74.0 Å². The van der Waals surface area contributed by atoms with Crippen molar-refractivity contribution in [3.8, 4) is 17.0 Å². The number of aryl methyl sites for hydroxylation is 2. The Morgan fingerprint density at radius 3 is 2.44 bits per heavy atom. The number of H-pyrrole nitrogens is 1. The van der Waals surface area contributed by atoms with E-state index in [4.69, 9.17) is 4.74 Å². The number of nitrogens with one attached hydrogen (secondary N) is 3. The maximum Gasteiger partial charge on any atom is 0.255 e. The molecule has 190 valence electrons. The normalized spacial score (nSPS) is 19.8.